The summed E-state index contributed by atoms with van der Waals surface area (Å²) in [5.41, 5.74) is 2.24. The number of ether oxygens (including phenoxy) is 2. The molecule has 1 aromatic heterocycles. The van der Waals surface area contributed by atoms with Crippen molar-refractivity contribution in [1.82, 2.24) is 9.88 Å². The first-order valence-corrected chi connectivity index (χ1v) is 8.73. The first-order valence-electron chi connectivity index (χ1n) is 8.73. The predicted octanol–water partition coefficient (Wildman–Crippen LogP) is 3.51. The van der Waals surface area contributed by atoms with Gasteiger partial charge in [-0.05, 0) is 17.7 Å². The van der Waals surface area contributed by atoms with Crippen LogP contribution in [0.4, 0.5) is 0 Å². The molecule has 25 heavy (non-hydrogen) atoms. The highest BCUT2D eigenvalue weighted by atomic mass is 16.5. The van der Waals surface area contributed by atoms with Crippen molar-refractivity contribution in [2.75, 3.05) is 26.3 Å². The summed E-state index contributed by atoms with van der Waals surface area (Å²) >= 11 is 0. The second-order valence-corrected chi connectivity index (χ2v) is 6.36. The summed E-state index contributed by atoms with van der Waals surface area (Å²) in [5, 5.41) is 1.09. The molecule has 1 aliphatic heterocycles. The van der Waals surface area contributed by atoms with Gasteiger partial charge in [-0.15, -0.1) is 0 Å². The van der Waals surface area contributed by atoms with Gasteiger partial charge in [-0.2, -0.15) is 0 Å². The Bertz CT molecular complexity index is 817. The normalized spacial score (nSPS) is 18.3. The van der Waals surface area contributed by atoms with Gasteiger partial charge in [0.1, 0.15) is 24.0 Å². The van der Waals surface area contributed by atoms with Gasteiger partial charge in [0.05, 0.1) is 6.61 Å². The van der Waals surface area contributed by atoms with Gasteiger partial charge in [0.2, 0.25) is 0 Å². The lowest BCUT2D eigenvalue weighted by atomic mass is 10.2. The number of nitrogens with zero attached hydrogens (tertiary/aromatic N) is 2. The van der Waals surface area contributed by atoms with Crippen LogP contribution >= 0.6 is 0 Å². The molecule has 2 heterocycles. The molecule has 1 aliphatic rings. The Morgan fingerprint density at radius 2 is 1.92 bits per heavy atom. The van der Waals surface area contributed by atoms with E-state index in [2.05, 4.69) is 40.2 Å². The van der Waals surface area contributed by atoms with Gasteiger partial charge < -0.3 is 9.47 Å². The van der Waals surface area contributed by atoms with E-state index in [0.717, 1.165) is 42.9 Å². The lowest BCUT2D eigenvalue weighted by molar-refractivity contribution is -0.0502. The smallest absolute Gasteiger partial charge is 0.145 e. The number of aromatic nitrogens is 1. The third kappa shape index (κ3) is 3.98. The van der Waals surface area contributed by atoms with Gasteiger partial charge in [-0.1, -0.05) is 48.5 Å². The maximum atomic E-state index is 6.04. The second-order valence-electron chi connectivity index (χ2n) is 6.36. The lowest BCUT2D eigenvalue weighted by Crippen LogP contribution is -2.44. The van der Waals surface area contributed by atoms with E-state index in [1.54, 1.807) is 6.20 Å². The molecule has 128 valence electrons. The molecule has 1 fully saturated rings. The number of fused-ring (bicyclic) bond motifs is 1. The fourth-order valence-corrected chi connectivity index (χ4v) is 3.24. The van der Waals surface area contributed by atoms with Crippen molar-refractivity contribution < 1.29 is 9.47 Å². The van der Waals surface area contributed by atoms with Gasteiger partial charge in [-0.3, -0.25) is 9.88 Å². The Labute approximate surface area is 148 Å². The van der Waals surface area contributed by atoms with Crippen LogP contribution in [0.25, 0.3) is 10.9 Å². The Hall–Kier alpha value is -2.43. The van der Waals surface area contributed by atoms with E-state index in [4.69, 9.17) is 9.47 Å². The molecular weight excluding hydrogens is 312 g/mol. The summed E-state index contributed by atoms with van der Waals surface area (Å²) in [4.78, 5) is 6.86. The van der Waals surface area contributed by atoms with Crippen molar-refractivity contribution in [3.05, 3.63) is 72.4 Å². The zero-order valence-electron chi connectivity index (χ0n) is 14.2. The van der Waals surface area contributed by atoms with Crippen molar-refractivity contribution in [2.45, 2.75) is 12.6 Å². The molecule has 4 heteroatoms. The summed E-state index contributed by atoms with van der Waals surface area (Å²) in [7, 11) is 0. The summed E-state index contributed by atoms with van der Waals surface area (Å²) in [5.74, 6) is 0.821. The largest absolute Gasteiger partial charge is 0.489 e. The third-order valence-electron chi connectivity index (χ3n) is 4.49. The molecular formula is C21H22N2O2. The van der Waals surface area contributed by atoms with Crippen LogP contribution in [0.3, 0.4) is 0 Å². The van der Waals surface area contributed by atoms with Gasteiger partial charge in [0.25, 0.3) is 0 Å². The first-order chi connectivity index (χ1) is 12.4. The van der Waals surface area contributed by atoms with Gasteiger partial charge >= 0.3 is 0 Å². The zero-order chi connectivity index (χ0) is 16.9. The average Bonchev–Trinajstić information content (AvgIpc) is 2.67. The summed E-state index contributed by atoms with van der Waals surface area (Å²) < 4.78 is 11.9. The highest BCUT2D eigenvalue weighted by Gasteiger charge is 2.21. The standard InChI is InChI=1S/C21H22N2O2/c1-2-6-17(7-3-1)14-23-12-13-24-19(15-23)16-25-20-10-4-8-18-9-5-11-22-21(18)20/h1-11,19H,12-16H2. The van der Waals surface area contributed by atoms with Gasteiger partial charge in [0.15, 0.2) is 0 Å². The minimum atomic E-state index is 0.0800. The molecule has 0 amide bonds. The molecule has 4 rings (SSSR count). The fourth-order valence-electron chi connectivity index (χ4n) is 3.24. The Balaban J connectivity index is 1.37. The molecule has 0 radical (unpaired) electrons. The number of morpholine rings is 1. The molecule has 1 unspecified atom stereocenters. The zero-order valence-corrected chi connectivity index (χ0v) is 14.2. The molecule has 3 aromatic rings. The van der Waals surface area contributed by atoms with E-state index in [1.165, 1.54) is 5.56 Å². The molecule has 4 nitrogen and oxygen atoms in total. The Kier molecular flexibility index (Phi) is 4.91. The van der Waals surface area contributed by atoms with Crippen molar-refractivity contribution in [3.63, 3.8) is 0 Å². The van der Waals surface area contributed by atoms with Crippen LogP contribution in [-0.2, 0) is 11.3 Å². The van der Waals surface area contributed by atoms with Crippen LogP contribution in [0.2, 0.25) is 0 Å². The van der Waals surface area contributed by atoms with E-state index in [9.17, 15) is 0 Å². The van der Waals surface area contributed by atoms with E-state index in [-0.39, 0.29) is 6.10 Å². The van der Waals surface area contributed by atoms with Crippen molar-refractivity contribution in [3.8, 4) is 5.75 Å². The van der Waals surface area contributed by atoms with E-state index < -0.39 is 0 Å². The van der Waals surface area contributed by atoms with Crippen LogP contribution < -0.4 is 4.74 Å². The lowest BCUT2D eigenvalue weighted by Gasteiger charge is -2.32. The molecule has 0 aliphatic carbocycles. The van der Waals surface area contributed by atoms with Crippen LogP contribution in [0.5, 0.6) is 5.75 Å². The van der Waals surface area contributed by atoms with Crippen molar-refractivity contribution in [1.29, 1.82) is 0 Å². The van der Waals surface area contributed by atoms with Gasteiger partial charge in [0, 0.05) is 31.2 Å². The highest BCUT2D eigenvalue weighted by Crippen LogP contribution is 2.23. The number of rotatable bonds is 5. The summed E-state index contributed by atoms with van der Waals surface area (Å²) in [6.45, 7) is 4.08. The van der Waals surface area contributed by atoms with Gasteiger partial charge in [-0.25, -0.2) is 0 Å². The first kappa shape index (κ1) is 16.1. The summed E-state index contributed by atoms with van der Waals surface area (Å²) in [6.07, 6.45) is 1.88. The third-order valence-corrected chi connectivity index (χ3v) is 4.49. The summed E-state index contributed by atoms with van der Waals surface area (Å²) in [6, 6.07) is 20.6. The van der Waals surface area contributed by atoms with Crippen LogP contribution in [0.15, 0.2) is 66.9 Å². The van der Waals surface area contributed by atoms with E-state index in [0.29, 0.717) is 6.61 Å². The maximum absolute atomic E-state index is 6.04. The molecule has 1 saturated heterocycles. The monoisotopic (exact) mass is 334 g/mol. The van der Waals surface area contributed by atoms with Crippen molar-refractivity contribution in [2.24, 2.45) is 0 Å². The number of pyridine rings is 1. The van der Waals surface area contributed by atoms with Crippen LogP contribution in [0.1, 0.15) is 5.56 Å². The molecule has 0 bridgehead atoms. The quantitative estimate of drug-likeness (QED) is 0.715. The Morgan fingerprint density at radius 1 is 1.04 bits per heavy atom. The Morgan fingerprint density at radius 3 is 2.84 bits per heavy atom. The van der Waals surface area contributed by atoms with Crippen LogP contribution in [0, 0.1) is 0 Å². The average molecular weight is 334 g/mol. The minimum absolute atomic E-state index is 0.0800. The SMILES string of the molecule is c1ccc(CN2CCOC(COc3cccc4cccnc34)C2)cc1. The maximum Gasteiger partial charge on any atom is 0.145 e. The molecule has 0 saturated carbocycles. The topological polar surface area (TPSA) is 34.6 Å². The molecule has 0 N–H and O–H groups in total. The molecule has 0 spiro atoms. The number of para-hydroxylation sites is 1. The van der Waals surface area contributed by atoms with Crippen LogP contribution in [-0.4, -0.2) is 42.3 Å². The number of hydrogen-bond donors (Lipinski definition) is 0. The minimum Gasteiger partial charge on any atom is -0.489 e. The second kappa shape index (κ2) is 7.64. The van der Waals surface area contributed by atoms with Crippen molar-refractivity contribution >= 4 is 10.9 Å². The predicted molar refractivity (Wildman–Crippen MR) is 98.7 cm³/mol. The van der Waals surface area contributed by atoms with E-state index in [1.807, 2.05) is 30.3 Å². The molecule has 2 aromatic carbocycles. The van der Waals surface area contributed by atoms with E-state index >= 15 is 0 Å². The molecule has 1 atom stereocenters. The number of hydrogen-bond acceptors (Lipinski definition) is 4. The number of benzene rings is 2. The fraction of sp³-hybridized carbons (Fsp3) is 0.286. The highest BCUT2D eigenvalue weighted by molar-refractivity contribution is 5.84.